The molecular weight excluding hydrogens is 1450 g/mol. The van der Waals surface area contributed by atoms with E-state index >= 15 is 0 Å². The summed E-state index contributed by atoms with van der Waals surface area (Å²) in [6, 6.07) is 35.2. The molecule has 0 saturated carbocycles. The number of aliphatic hydroxyl groups excluding tert-OH is 1. The largest absolute Gasteiger partial charge is 0.478 e. The molecule has 110 heavy (non-hydrogen) atoms. The zero-order valence-corrected chi connectivity index (χ0v) is 64.4. The number of hydrogen-bond acceptors (Lipinski definition) is 18. The Labute approximate surface area is 643 Å². The fraction of sp³-hybridized carbons (Fsp3) is 0.214. The average molecular weight is 1540 g/mol. The second-order valence-electron chi connectivity index (χ2n) is 25.8. The van der Waals surface area contributed by atoms with Gasteiger partial charge in [-0.2, -0.15) is 0 Å². The number of para-hydroxylation sites is 4. The van der Waals surface area contributed by atoms with Gasteiger partial charge in [0.05, 0.1) is 31.8 Å². The molecular formula is C84H86BrN17O8. The first-order valence-electron chi connectivity index (χ1n) is 35.1. The van der Waals surface area contributed by atoms with E-state index in [0.717, 1.165) is 139 Å². The molecule has 0 atom stereocenters. The van der Waals surface area contributed by atoms with Crippen molar-refractivity contribution in [2.45, 2.75) is 120 Å². The summed E-state index contributed by atoms with van der Waals surface area (Å²) in [5.74, 6) is -0.635. The number of carbonyl (C=O) groups is 4. The van der Waals surface area contributed by atoms with E-state index in [4.69, 9.17) is 10.8 Å². The zero-order chi connectivity index (χ0) is 79.0. The lowest BCUT2D eigenvalue weighted by molar-refractivity contribution is 0.0697. The van der Waals surface area contributed by atoms with Gasteiger partial charge in [0, 0.05) is 208 Å². The van der Waals surface area contributed by atoms with Crippen molar-refractivity contribution >= 4 is 82.9 Å². The first-order chi connectivity index (χ1) is 53.0. The summed E-state index contributed by atoms with van der Waals surface area (Å²) in [5.41, 5.74) is 25.3. The molecule has 0 bridgehead atoms. The quantitative estimate of drug-likeness (QED) is 0.0386. The van der Waals surface area contributed by atoms with Gasteiger partial charge in [0.15, 0.2) is 17.3 Å². The first-order valence-corrected chi connectivity index (χ1v) is 36.2. The predicted molar refractivity (Wildman–Crippen MR) is 430 cm³/mol. The van der Waals surface area contributed by atoms with Gasteiger partial charge in [0.2, 0.25) is 0 Å². The molecule has 0 amide bonds. The molecule has 15 aromatic rings. The van der Waals surface area contributed by atoms with E-state index in [0.29, 0.717) is 49.3 Å². The number of carbonyl (C=O) groups excluding carboxylic acids is 3. The standard InChI is InChI=1S/C24H24N4O2.C16H15N3O.C15H13N3O2.C11H11NO.C8H12N2O.C5H5BrN2.C5H6N2O/c1-15-10-16(2)27-24(30)19(15)8-9-22(29)23-17(3)28(13-18-11-25-14-26-12-18)21-7-5-4-6-20(21)23;1-11-16(12(2)20)14-5-3-4-6-15(14)19(11)9-13-7-17-10-18-8-13;1-10-14(15(19)20)12-4-2-3-5-13(12)18(10)8-11-6-16-9-17-7-11;1-7-11(8(2)13)9-5-3-4-6-10(9)12-7;1-5-3-6(2)10-8(11)7(5)4-9;6-1-5-2-7-4-8-3-5;8-3-5-1-6-4-7-2-5/h4-7,10-12,14H,8-9,13H2,1-3H3,(H,27,30);3-8,10H,9H2,1-2H3;2-7,9H,8H2,1H3,(H,19,20);3-6,12H,1-2H3;3H,4,9H2,1-2H3,(H,10,11);2-4H,1H2;1-2,4,8H,3H2. The van der Waals surface area contributed by atoms with Crippen LogP contribution in [0.4, 0.5) is 0 Å². The molecule has 0 saturated heterocycles. The summed E-state index contributed by atoms with van der Waals surface area (Å²) in [6.45, 7) is 20.6. The van der Waals surface area contributed by atoms with Crippen molar-refractivity contribution in [3.8, 4) is 0 Å². The molecule has 0 aliphatic rings. The van der Waals surface area contributed by atoms with Crippen molar-refractivity contribution in [1.29, 1.82) is 0 Å². The Morgan fingerprint density at radius 1 is 0.436 bits per heavy atom. The minimum Gasteiger partial charge on any atom is -0.478 e. The van der Waals surface area contributed by atoms with Crippen LogP contribution in [0.2, 0.25) is 0 Å². The zero-order valence-electron chi connectivity index (χ0n) is 62.8. The number of pyridine rings is 2. The number of nitrogens with one attached hydrogen (secondary N) is 3. The van der Waals surface area contributed by atoms with Crippen molar-refractivity contribution < 1.29 is 29.4 Å². The Bertz CT molecular complexity index is 5590. The molecule has 0 spiro atoms. The number of aryl methyl sites for hydroxylation is 5. The van der Waals surface area contributed by atoms with Crippen LogP contribution < -0.4 is 16.9 Å². The maximum Gasteiger partial charge on any atom is 0.338 e. The van der Waals surface area contributed by atoms with Crippen LogP contribution in [-0.4, -0.2) is 112 Å². The van der Waals surface area contributed by atoms with Gasteiger partial charge in [-0.1, -0.05) is 88.7 Å². The van der Waals surface area contributed by atoms with Crippen LogP contribution >= 0.6 is 15.9 Å². The highest BCUT2D eigenvalue weighted by molar-refractivity contribution is 9.08. The SMILES string of the molecule is BrCc1cncnc1.CC(=O)c1c(C)[nH]c2ccccc12.CC(=O)c1c(C)n(Cc2cncnc2)c2ccccc12.Cc1c(C(=O)O)c2ccccc2n1Cc1cncnc1.Cc1cc(C)c(CCC(=O)c2c(C)n(Cc3cncnc3)c3ccccc23)c(=O)[nH]1.Cc1cc(C)c(CN)c(=O)[nH]1.OCc1cncnc1. The number of carboxylic acid groups (broad SMARTS) is 1. The topological polar surface area (TPSA) is 360 Å². The monoisotopic (exact) mass is 1540 g/mol. The number of aromatic amines is 3. The van der Waals surface area contributed by atoms with Gasteiger partial charge in [-0.05, 0) is 129 Å². The summed E-state index contributed by atoms with van der Waals surface area (Å²) in [7, 11) is 0. The Morgan fingerprint density at radius 2 is 0.782 bits per heavy atom. The molecule has 26 heteroatoms. The molecule has 11 aromatic heterocycles. The van der Waals surface area contributed by atoms with Gasteiger partial charge in [-0.15, -0.1) is 0 Å². The molecule has 0 unspecified atom stereocenters. The fourth-order valence-electron chi connectivity index (χ4n) is 13.0. The molecule has 0 radical (unpaired) electrons. The number of rotatable bonds is 16. The third kappa shape index (κ3) is 20.7. The second-order valence-corrected chi connectivity index (χ2v) is 26.4. The van der Waals surface area contributed by atoms with Gasteiger partial charge in [0.25, 0.3) is 11.1 Å². The predicted octanol–water partition coefficient (Wildman–Crippen LogP) is 13.9. The number of aliphatic hydroxyl groups is 1. The van der Waals surface area contributed by atoms with Gasteiger partial charge in [-0.3, -0.25) is 24.0 Å². The number of hydrogen-bond donors (Lipinski definition) is 6. The van der Waals surface area contributed by atoms with Crippen molar-refractivity contribution in [3.63, 3.8) is 0 Å². The Hall–Kier alpha value is -12.8. The van der Waals surface area contributed by atoms with Crippen molar-refractivity contribution in [2.75, 3.05) is 0 Å². The highest BCUT2D eigenvalue weighted by atomic mass is 79.9. The number of H-pyrrole nitrogens is 3. The summed E-state index contributed by atoms with van der Waals surface area (Å²) in [4.78, 5) is 119. The number of ketones is 3. The van der Waals surface area contributed by atoms with E-state index < -0.39 is 5.97 Å². The van der Waals surface area contributed by atoms with Crippen molar-refractivity contribution in [3.05, 3.63) is 330 Å². The summed E-state index contributed by atoms with van der Waals surface area (Å²) >= 11 is 3.28. The summed E-state index contributed by atoms with van der Waals surface area (Å²) in [6.07, 6.45) is 25.5. The molecule has 25 nitrogen and oxygen atoms in total. The summed E-state index contributed by atoms with van der Waals surface area (Å²) < 4.78 is 6.26. The Balaban J connectivity index is 0.000000155. The van der Waals surface area contributed by atoms with Gasteiger partial charge in [0.1, 0.15) is 31.6 Å². The maximum atomic E-state index is 13.3. The van der Waals surface area contributed by atoms with E-state index in [-0.39, 0.29) is 41.5 Å². The number of halogens is 1. The number of alkyl halides is 1. The van der Waals surface area contributed by atoms with Crippen LogP contribution in [0.15, 0.2) is 212 Å². The molecule has 562 valence electrons. The van der Waals surface area contributed by atoms with Gasteiger partial charge in [-0.25, -0.2) is 54.6 Å². The molecule has 11 heterocycles. The van der Waals surface area contributed by atoms with E-state index in [1.54, 1.807) is 75.8 Å². The number of benzene rings is 4. The van der Waals surface area contributed by atoms with Crippen LogP contribution in [0.1, 0.15) is 146 Å². The van der Waals surface area contributed by atoms with Crippen molar-refractivity contribution in [2.24, 2.45) is 5.73 Å². The lowest BCUT2D eigenvalue weighted by Crippen LogP contribution is -2.18. The number of fused-ring (bicyclic) bond motifs is 4. The minimum absolute atomic E-state index is 0.0147. The third-order valence-electron chi connectivity index (χ3n) is 18.0. The van der Waals surface area contributed by atoms with Crippen LogP contribution in [0.25, 0.3) is 43.6 Å². The van der Waals surface area contributed by atoms with E-state index in [1.807, 2.05) is 169 Å². The minimum atomic E-state index is -0.901. The molecule has 15 rings (SSSR count). The highest BCUT2D eigenvalue weighted by Gasteiger charge is 2.23. The van der Waals surface area contributed by atoms with Gasteiger partial charge >= 0.3 is 5.97 Å². The fourth-order valence-corrected chi connectivity index (χ4v) is 13.3. The number of nitrogens with two attached hydrogens (primary N) is 1. The normalized spacial score (nSPS) is 10.6. The lowest BCUT2D eigenvalue weighted by atomic mass is 9.99. The number of carboxylic acids is 1. The first kappa shape index (κ1) is 81.3. The molecule has 4 aromatic carbocycles. The number of Topliss-reactive ketones (excluding diaryl/α,β-unsaturated/α-hetero) is 3. The Kier molecular flexibility index (Phi) is 29.0. The average Bonchev–Trinajstić information content (AvgIpc) is 1.63. The number of aromatic carboxylic acids is 1. The number of aromatic nitrogens is 16. The van der Waals surface area contributed by atoms with Gasteiger partial charge < -0.3 is 44.6 Å². The molecule has 0 fully saturated rings. The molecule has 0 aliphatic carbocycles. The lowest BCUT2D eigenvalue weighted by Gasteiger charge is -2.09. The third-order valence-corrected chi connectivity index (χ3v) is 18.7. The van der Waals surface area contributed by atoms with E-state index in [1.165, 1.54) is 31.6 Å². The maximum absolute atomic E-state index is 13.3. The van der Waals surface area contributed by atoms with Crippen LogP contribution in [0, 0.1) is 55.4 Å². The van der Waals surface area contributed by atoms with Crippen LogP contribution in [-0.2, 0) is 44.5 Å². The second kappa shape index (κ2) is 39.2. The molecule has 7 N–H and O–H groups in total. The van der Waals surface area contributed by atoms with Crippen LogP contribution in [0.5, 0.6) is 0 Å². The van der Waals surface area contributed by atoms with E-state index in [9.17, 15) is 33.9 Å². The van der Waals surface area contributed by atoms with Crippen molar-refractivity contribution in [1.82, 2.24) is 78.5 Å². The summed E-state index contributed by atoms with van der Waals surface area (Å²) in [5, 5.41) is 22.4. The number of nitrogens with zero attached hydrogens (tertiary/aromatic N) is 13. The highest BCUT2D eigenvalue weighted by Crippen LogP contribution is 2.31. The Morgan fingerprint density at radius 3 is 1.15 bits per heavy atom. The molecule has 0 aliphatic heterocycles. The van der Waals surface area contributed by atoms with Crippen LogP contribution in [0.3, 0.4) is 0 Å². The van der Waals surface area contributed by atoms with E-state index in [2.05, 4.69) is 89.9 Å². The smallest absolute Gasteiger partial charge is 0.338 e.